The van der Waals surface area contributed by atoms with Crippen molar-refractivity contribution < 1.29 is 0 Å². The van der Waals surface area contributed by atoms with Crippen molar-refractivity contribution in [2.45, 2.75) is 43.5 Å². The minimum atomic E-state index is 0.142. The molecule has 0 spiro atoms. The smallest absolute Gasteiger partial charge is 0.0929 e. The molecule has 1 heterocycles. The Labute approximate surface area is 125 Å². The van der Waals surface area contributed by atoms with Gasteiger partial charge in [-0.1, -0.05) is 17.3 Å². The second-order valence-electron chi connectivity index (χ2n) is 5.92. The summed E-state index contributed by atoms with van der Waals surface area (Å²) in [6.45, 7) is 7.43. The molecule has 0 unspecified atom stereocenters. The highest BCUT2D eigenvalue weighted by molar-refractivity contribution is 7.98. The molecular weight excluding hydrogens is 268 g/mol. The Morgan fingerprint density at radius 1 is 1.30 bits per heavy atom. The van der Waals surface area contributed by atoms with Gasteiger partial charge in [-0.3, -0.25) is 4.68 Å². The van der Waals surface area contributed by atoms with E-state index in [-0.39, 0.29) is 5.54 Å². The number of nitrogens with one attached hydrogen (secondary N) is 1. The third-order valence-electron chi connectivity index (χ3n) is 2.76. The highest BCUT2D eigenvalue weighted by Gasteiger charge is 2.08. The summed E-state index contributed by atoms with van der Waals surface area (Å²) < 4.78 is 1.74. The van der Waals surface area contributed by atoms with Crippen LogP contribution in [0.4, 0.5) is 0 Å². The van der Waals surface area contributed by atoms with E-state index >= 15 is 0 Å². The van der Waals surface area contributed by atoms with E-state index in [2.05, 4.69) is 60.7 Å². The molecule has 0 fully saturated rings. The van der Waals surface area contributed by atoms with E-state index < -0.39 is 0 Å². The van der Waals surface area contributed by atoms with Crippen LogP contribution in [0.3, 0.4) is 0 Å². The summed E-state index contributed by atoms with van der Waals surface area (Å²) in [5, 5.41) is 11.6. The maximum atomic E-state index is 4.10. The zero-order valence-electron chi connectivity index (χ0n) is 12.6. The number of hydrogen-bond acceptors (Lipinski definition) is 4. The Balaban J connectivity index is 1.92. The Bertz CT molecular complexity index is 557. The molecule has 0 bridgehead atoms. The second-order valence-corrected chi connectivity index (χ2v) is 6.97. The largest absolute Gasteiger partial charge is 0.308 e. The van der Waals surface area contributed by atoms with Crippen LogP contribution in [0.15, 0.2) is 35.4 Å². The Morgan fingerprint density at radius 3 is 2.75 bits per heavy atom. The van der Waals surface area contributed by atoms with Crippen LogP contribution in [-0.4, -0.2) is 20.5 Å². The summed E-state index contributed by atoms with van der Waals surface area (Å²) >= 11 is 1.79. The van der Waals surface area contributed by atoms with Gasteiger partial charge in [0.05, 0.1) is 5.69 Å². The fourth-order valence-corrected chi connectivity index (χ4v) is 2.59. The van der Waals surface area contributed by atoms with Gasteiger partial charge < -0.3 is 5.32 Å². The Hall–Kier alpha value is -1.33. The van der Waals surface area contributed by atoms with Crippen LogP contribution in [0.25, 0.3) is 0 Å². The second kappa shape index (κ2) is 6.41. The molecule has 0 aliphatic heterocycles. The van der Waals surface area contributed by atoms with Crippen molar-refractivity contribution in [3.05, 3.63) is 41.7 Å². The van der Waals surface area contributed by atoms with E-state index in [0.717, 1.165) is 18.0 Å². The molecule has 0 atom stereocenters. The van der Waals surface area contributed by atoms with E-state index in [1.165, 1.54) is 10.5 Å². The minimum absolute atomic E-state index is 0.142. The summed E-state index contributed by atoms with van der Waals surface area (Å²) in [7, 11) is 1.89. The molecule has 0 radical (unpaired) electrons. The summed E-state index contributed by atoms with van der Waals surface area (Å²) in [6.07, 6.45) is 1.96. The first-order valence-corrected chi connectivity index (χ1v) is 7.73. The van der Waals surface area contributed by atoms with Gasteiger partial charge in [0, 0.05) is 36.0 Å². The molecule has 0 saturated heterocycles. The summed E-state index contributed by atoms with van der Waals surface area (Å²) in [4.78, 5) is 1.27. The fourth-order valence-electron chi connectivity index (χ4n) is 1.73. The number of rotatable bonds is 5. The van der Waals surface area contributed by atoms with Gasteiger partial charge in [-0.15, -0.1) is 16.9 Å². The Kier molecular flexibility index (Phi) is 4.83. The van der Waals surface area contributed by atoms with Crippen molar-refractivity contribution in [3.8, 4) is 0 Å². The maximum Gasteiger partial charge on any atom is 0.0929 e. The Morgan fingerprint density at radius 2 is 2.10 bits per heavy atom. The first kappa shape index (κ1) is 15.1. The third-order valence-corrected chi connectivity index (χ3v) is 3.79. The summed E-state index contributed by atoms with van der Waals surface area (Å²) in [5.41, 5.74) is 2.46. The molecule has 4 nitrogen and oxygen atoms in total. The first-order chi connectivity index (χ1) is 9.42. The third kappa shape index (κ3) is 4.98. The lowest BCUT2D eigenvalue weighted by Gasteiger charge is -2.20. The van der Waals surface area contributed by atoms with Crippen LogP contribution in [0.1, 0.15) is 32.0 Å². The first-order valence-electron chi connectivity index (χ1n) is 6.74. The quantitative estimate of drug-likeness (QED) is 0.860. The van der Waals surface area contributed by atoms with Crippen LogP contribution >= 0.6 is 11.8 Å². The standard InChI is InChI=1S/C15H22N4S/c1-15(2,3)16-9-12-6-5-7-14(8-12)20-11-13-10-19(4)18-17-13/h5-8,10,16H,9,11H2,1-4H3. The molecule has 2 rings (SSSR count). The van der Waals surface area contributed by atoms with Crippen molar-refractivity contribution in [2.24, 2.45) is 7.05 Å². The molecule has 108 valence electrons. The van der Waals surface area contributed by atoms with Gasteiger partial charge in [0.15, 0.2) is 0 Å². The SMILES string of the molecule is Cn1cc(CSc2cccc(CNC(C)(C)C)c2)nn1. The van der Waals surface area contributed by atoms with E-state index in [1.54, 1.807) is 16.4 Å². The van der Waals surface area contributed by atoms with E-state index in [1.807, 2.05) is 13.2 Å². The molecule has 0 saturated carbocycles. The number of hydrogen-bond donors (Lipinski definition) is 1. The van der Waals surface area contributed by atoms with E-state index in [9.17, 15) is 0 Å². The van der Waals surface area contributed by atoms with E-state index in [0.29, 0.717) is 0 Å². The number of benzene rings is 1. The topological polar surface area (TPSA) is 42.7 Å². The lowest BCUT2D eigenvalue weighted by atomic mass is 10.1. The molecule has 1 aromatic heterocycles. The summed E-state index contributed by atoms with van der Waals surface area (Å²) in [6, 6.07) is 8.64. The average Bonchev–Trinajstić information content (AvgIpc) is 2.80. The monoisotopic (exact) mass is 290 g/mol. The van der Waals surface area contributed by atoms with Crippen molar-refractivity contribution >= 4 is 11.8 Å². The number of aromatic nitrogens is 3. The molecule has 1 N–H and O–H groups in total. The van der Waals surface area contributed by atoms with Gasteiger partial charge in [-0.05, 0) is 38.5 Å². The predicted molar refractivity (Wildman–Crippen MR) is 83.6 cm³/mol. The summed E-state index contributed by atoms with van der Waals surface area (Å²) in [5.74, 6) is 0.851. The normalized spacial score (nSPS) is 11.8. The molecule has 0 aliphatic rings. The van der Waals surface area contributed by atoms with Crippen molar-refractivity contribution in [3.63, 3.8) is 0 Å². The zero-order valence-corrected chi connectivity index (χ0v) is 13.4. The van der Waals surface area contributed by atoms with E-state index in [4.69, 9.17) is 0 Å². The molecule has 5 heteroatoms. The highest BCUT2D eigenvalue weighted by atomic mass is 32.2. The van der Waals surface area contributed by atoms with Gasteiger partial charge in [0.1, 0.15) is 0 Å². The highest BCUT2D eigenvalue weighted by Crippen LogP contribution is 2.22. The molecular formula is C15H22N4S. The lowest BCUT2D eigenvalue weighted by Crippen LogP contribution is -2.35. The number of thioether (sulfide) groups is 1. The molecule has 20 heavy (non-hydrogen) atoms. The molecule has 0 amide bonds. The van der Waals surface area contributed by atoms with Gasteiger partial charge >= 0.3 is 0 Å². The maximum absolute atomic E-state index is 4.10. The number of nitrogens with zero attached hydrogens (tertiary/aromatic N) is 3. The number of aryl methyl sites for hydroxylation is 1. The van der Waals surface area contributed by atoms with Gasteiger partial charge in [0.25, 0.3) is 0 Å². The average molecular weight is 290 g/mol. The lowest BCUT2D eigenvalue weighted by molar-refractivity contribution is 0.424. The minimum Gasteiger partial charge on any atom is -0.308 e. The van der Waals surface area contributed by atoms with Crippen LogP contribution in [0, 0.1) is 0 Å². The predicted octanol–water partition coefficient (Wildman–Crippen LogP) is 3.00. The van der Waals surface area contributed by atoms with Crippen molar-refractivity contribution in [1.29, 1.82) is 0 Å². The van der Waals surface area contributed by atoms with Gasteiger partial charge in [-0.25, -0.2) is 0 Å². The zero-order chi connectivity index (χ0) is 14.6. The van der Waals surface area contributed by atoms with Crippen molar-refractivity contribution in [1.82, 2.24) is 20.3 Å². The van der Waals surface area contributed by atoms with Crippen molar-refractivity contribution in [2.75, 3.05) is 0 Å². The van der Waals surface area contributed by atoms with Crippen LogP contribution in [0.2, 0.25) is 0 Å². The molecule has 0 aliphatic carbocycles. The van der Waals surface area contributed by atoms with Crippen LogP contribution in [-0.2, 0) is 19.3 Å². The fraction of sp³-hybridized carbons (Fsp3) is 0.467. The van der Waals surface area contributed by atoms with Gasteiger partial charge in [-0.2, -0.15) is 0 Å². The van der Waals surface area contributed by atoms with Gasteiger partial charge in [0.2, 0.25) is 0 Å². The molecule has 2 aromatic rings. The van der Waals surface area contributed by atoms with Crippen LogP contribution < -0.4 is 5.32 Å². The van der Waals surface area contributed by atoms with Crippen LogP contribution in [0.5, 0.6) is 0 Å². The molecule has 1 aromatic carbocycles.